The minimum atomic E-state index is -0.518. The molecule has 1 amide bonds. The Balaban J connectivity index is 1.92. The maximum atomic E-state index is 11.8. The maximum Gasteiger partial charge on any atom is 0.271 e. The third-order valence-electron chi connectivity index (χ3n) is 3.34. The second-order valence-corrected chi connectivity index (χ2v) is 4.96. The van der Waals surface area contributed by atoms with Crippen LogP contribution < -0.4 is 15.8 Å². The lowest BCUT2D eigenvalue weighted by atomic mass is 10.1. The summed E-state index contributed by atoms with van der Waals surface area (Å²) in [6.07, 6.45) is 3.08. The minimum Gasteiger partial charge on any atom is -0.497 e. The highest BCUT2D eigenvalue weighted by atomic mass is 16.6. The van der Waals surface area contributed by atoms with Crippen LogP contribution in [0.4, 0.5) is 11.4 Å². The maximum absolute atomic E-state index is 11.8. The Morgan fingerprint density at radius 3 is 2.58 bits per heavy atom. The van der Waals surface area contributed by atoms with E-state index in [4.69, 9.17) is 10.5 Å². The van der Waals surface area contributed by atoms with E-state index in [2.05, 4.69) is 5.32 Å². The largest absolute Gasteiger partial charge is 0.497 e. The lowest BCUT2D eigenvalue weighted by Crippen LogP contribution is -2.20. The number of hydrogen-bond donors (Lipinski definition) is 2. The number of non-ortho nitro benzene ring substituents is 1. The predicted molar refractivity (Wildman–Crippen MR) is 91.4 cm³/mol. The topological polar surface area (TPSA) is 107 Å². The summed E-state index contributed by atoms with van der Waals surface area (Å²) in [5, 5.41) is 13.3. The molecule has 7 nitrogen and oxygen atoms in total. The number of nitro groups is 1. The number of carbonyl (C=O) groups is 1. The van der Waals surface area contributed by atoms with Crippen LogP contribution in [-0.2, 0) is 11.3 Å². The average Bonchev–Trinajstić information content (AvgIpc) is 2.59. The summed E-state index contributed by atoms with van der Waals surface area (Å²) >= 11 is 0. The van der Waals surface area contributed by atoms with Crippen LogP contribution in [0.5, 0.6) is 5.75 Å². The van der Waals surface area contributed by atoms with Crippen molar-refractivity contribution in [3.63, 3.8) is 0 Å². The highest BCUT2D eigenvalue weighted by Gasteiger charge is 2.08. The number of nitrogens with one attached hydrogen (secondary N) is 1. The quantitative estimate of drug-likeness (QED) is 0.367. The third-order valence-corrected chi connectivity index (χ3v) is 3.34. The van der Waals surface area contributed by atoms with Gasteiger partial charge < -0.3 is 15.8 Å². The molecule has 0 spiro atoms. The minimum absolute atomic E-state index is 0.0815. The molecule has 0 aliphatic heterocycles. The molecule has 0 aliphatic carbocycles. The van der Waals surface area contributed by atoms with Crippen molar-refractivity contribution in [1.29, 1.82) is 0 Å². The monoisotopic (exact) mass is 327 g/mol. The predicted octanol–water partition coefficient (Wildman–Crippen LogP) is 2.52. The summed E-state index contributed by atoms with van der Waals surface area (Å²) in [6, 6.07) is 11.4. The number of nitrogens with two attached hydrogens (primary N) is 1. The number of ether oxygens (including phenoxy) is 1. The van der Waals surface area contributed by atoms with E-state index in [0.29, 0.717) is 5.56 Å². The van der Waals surface area contributed by atoms with E-state index in [0.717, 1.165) is 11.3 Å². The summed E-state index contributed by atoms with van der Waals surface area (Å²) in [4.78, 5) is 22.0. The smallest absolute Gasteiger partial charge is 0.271 e. The number of rotatable bonds is 6. The molecule has 0 radical (unpaired) electrons. The molecule has 0 bridgehead atoms. The van der Waals surface area contributed by atoms with Gasteiger partial charge in [0, 0.05) is 30.4 Å². The third kappa shape index (κ3) is 4.57. The zero-order valence-corrected chi connectivity index (χ0v) is 13.1. The number of hydrogen-bond acceptors (Lipinski definition) is 5. The van der Waals surface area contributed by atoms with Gasteiger partial charge in [0.25, 0.3) is 5.69 Å². The van der Waals surface area contributed by atoms with Gasteiger partial charge in [-0.3, -0.25) is 14.9 Å². The molecule has 7 heteroatoms. The average molecular weight is 327 g/mol. The lowest BCUT2D eigenvalue weighted by Gasteiger charge is -2.06. The van der Waals surface area contributed by atoms with Crippen LogP contribution in [0.25, 0.3) is 6.08 Å². The first kappa shape index (κ1) is 17.0. The molecule has 2 aromatic rings. The molecule has 0 aromatic heterocycles. The van der Waals surface area contributed by atoms with Gasteiger partial charge in [0.15, 0.2) is 0 Å². The van der Waals surface area contributed by atoms with E-state index in [-0.39, 0.29) is 23.8 Å². The molecule has 0 saturated heterocycles. The van der Waals surface area contributed by atoms with Gasteiger partial charge in [-0.05, 0) is 35.4 Å². The van der Waals surface area contributed by atoms with E-state index in [1.165, 1.54) is 24.3 Å². The highest BCUT2D eigenvalue weighted by molar-refractivity contribution is 5.91. The van der Waals surface area contributed by atoms with Gasteiger partial charge in [-0.15, -0.1) is 0 Å². The second-order valence-electron chi connectivity index (χ2n) is 4.96. The number of methoxy groups -OCH3 is 1. The number of nitrogens with zero attached hydrogens (tertiary/aromatic N) is 1. The molecule has 2 aromatic carbocycles. The Bertz CT molecular complexity index is 770. The van der Waals surface area contributed by atoms with Crippen LogP contribution in [0.1, 0.15) is 11.1 Å². The molecule has 0 atom stereocenters. The summed E-state index contributed by atoms with van der Waals surface area (Å²) in [5.41, 5.74) is 7.42. The number of nitrogen functional groups attached to an aromatic ring is 1. The van der Waals surface area contributed by atoms with Crippen molar-refractivity contribution in [3.8, 4) is 5.75 Å². The molecule has 0 heterocycles. The van der Waals surface area contributed by atoms with Crippen LogP contribution >= 0.6 is 0 Å². The molecule has 0 saturated carbocycles. The van der Waals surface area contributed by atoms with Crippen molar-refractivity contribution in [2.75, 3.05) is 12.8 Å². The summed E-state index contributed by atoms with van der Waals surface area (Å²) in [5.74, 6) is 0.453. The number of benzene rings is 2. The standard InChI is InChI=1S/C17H17N3O4/c1-24-15-7-2-12(3-8-15)4-9-17(21)19-11-13-5-6-14(20(22)23)10-16(13)18/h2-10H,11,18H2,1H3,(H,19,21)/b9-4+. The molecule has 3 N–H and O–H groups in total. The number of nitro benzene ring substituents is 1. The van der Waals surface area contributed by atoms with Crippen molar-refractivity contribution in [3.05, 3.63) is 69.8 Å². The number of carbonyl (C=O) groups excluding carboxylic acids is 1. The molecular formula is C17H17N3O4. The van der Waals surface area contributed by atoms with Crippen LogP contribution in [0.2, 0.25) is 0 Å². The fourth-order valence-corrected chi connectivity index (χ4v) is 1.99. The van der Waals surface area contributed by atoms with Crippen molar-refractivity contribution < 1.29 is 14.5 Å². The van der Waals surface area contributed by atoms with E-state index in [9.17, 15) is 14.9 Å². The van der Waals surface area contributed by atoms with Crippen molar-refractivity contribution in [2.24, 2.45) is 0 Å². The molecule has 0 fully saturated rings. The first-order chi connectivity index (χ1) is 11.5. The molecule has 124 valence electrons. The van der Waals surface area contributed by atoms with Crippen molar-refractivity contribution >= 4 is 23.4 Å². The van der Waals surface area contributed by atoms with E-state index in [1.54, 1.807) is 25.3 Å². The zero-order valence-electron chi connectivity index (χ0n) is 13.1. The van der Waals surface area contributed by atoms with Crippen LogP contribution in [0.15, 0.2) is 48.5 Å². The van der Waals surface area contributed by atoms with E-state index >= 15 is 0 Å². The first-order valence-electron chi connectivity index (χ1n) is 7.12. The fourth-order valence-electron chi connectivity index (χ4n) is 1.99. The van der Waals surface area contributed by atoms with Crippen molar-refractivity contribution in [1.82, 2.24) is 5.32 Å². The van der Waals surface area contributed by atoms with E-state index < -0.39 is 4.92 Å². The number of anilines is 1. The Morgan fingerprint density at radius 1 is 1.29 bits per heavy atom. The summed E-state index contributed by atoms with van der Waals surface area (Å²) in [6.45, 7) is 0.190. The fraction of sp³-hybridized carbons (Fsp3) is 0.118. The first-order valence-corrected chi connectivity index (χ1v) is 7.12. The second kappa shape index (κ2) is 7.77. The Labute approximate surface area is 138 Å². The van der Waals surface area contributed by atoms with Gasteiger partial charge in [-0.2, -0.15) is 0 Å². The van der Waals surface area contributed by atoms with Gasteiger partial charge in [-0.1, -0.05) is 12.1 Å². The number of amides is 1. The van der Waals surface area contributed by atoms with Gasteiger partial charge >= 0.3 is 0 Å². The Kier molecular flexibility index (Phi) is 5.51. The highest BCUT2D eigenvalue weighted by Crippen LogP contribution is 2.19. The van der Waals surface area contributed by atoms with Crippen LogP contribution in [0, 0.1) is 10.1 Å². The summed E-state index contributed by atoms with van der Waals surface area (Å²) in [7, 11) is 1.59. The Morgan fingerprint density at radius 2 is 2.00 bits per heavy atom. The van der Waals surface area contributed by atoms with Gasteiger partial charge in [0.05, 0.1) is 12.0 Å². The molecule has 0 unspecified atom stereocenters. The molecule has 24 heavy (non-hydrogen) atoms. The van der Waals surface area contributed by atoms with Gasteiger partial charge in [-0.25, -0.2) is 0 Å². The molecular weight excluding hydrogens is 310 g/mol. The zero-order chi connectivity index (χ0) is 17.5. The Hall–Kier alpha value is -3.35. The van der Waals surface area contributed by atoms with Gasteiger partial charge in [0.1, 0.15) is 5.75 Å². The van der Waals surface area contributed by atoms with Crippen LogP contribution in [-0.4, -0.2) is 17.9 Å². The van der Waals surface area contributed by atoms with E-state index in [1.807, 2.05) is 12.1 Å². The van der Waals surface area contributed by atoms with Gasteiger partial charge in [0.2, 0.25) is 5.91 Å². The SMILES string of the molecule is COc1ccc(/C=C/C(=O)NCc2ccc([N+](=O)[O-])cc2N)cc1. The molecule has 0 aliphatic rings. The lowest BCUT2D eigenvalue weighted by molar-refractivity contribution is -0.384. The normalized spacial score (nSPS) is 10.5. The molecule has 2 rings (SSSR count). The van der Waals surface area contributed by atoms with Crippen LogP contribution in [0.3, 0.4) is 0 Å². The summed E-state index contributed by atoms with van der Waals surface area (Å²) < 4.78 is 5.06. The van der Waals surface area contributed by atoms with Crippen molar-refractivity contribution in [2.45, 2.75) is 6.54 Å².